The number of nitrogens with one attached hydrogen (secondary N) is 1. The minimum absolute atomic E-state index is 0.240. The van der Waals surface area contributed by atoms with Gasteiger partial charge in [-0.05, 0) is 31.2 Å². The number of hydrogen-bond acceptors (Lipinski definition) is 6. The van der Waals surface area contributed by atoms with E-state index in [2.05, 4.69) is 10.3 Å². The number of fused-ring (bicyclic) bond motifs is 1. The summed E-state index contributed by atoms with van der Waals surface area (Å²) in [7, 11) is 3.12. The molecule has 0 aliphatic rings. The number of carbonyl (C=O) groups is 1. The summed E-state index contributed by atoms with van der Waals surface area (Å²) in [5.74, 6) is 0.680. The predicted molar refractivity (Wildman–Crippen MR) is 111 cm³/mol. The molecule has 28 heavy (non-hydrogen) atoms. The lowest BCUT2D eigenvalue weighted by Gasteiger charge is -2.17. The number of hydrogen-bond donors (Lipinski definition) is 1. The zero-order valence-corrected chi connectivity index (χ0v) is 17.0. The van der Waals surface area contributed by atoms with Crippen LogP contribution in [-0.4, -0.2) is 31.8 Å². The summed E-state index contributed by atoms with van der Waals surface area (Å²) in [4.78, 5) is 16.8. The second-order valence-electron chi connectivity index (χ2n) is 5.72. The largest absolute Gasteiger partial charge is 0.497 e. The van der Waals surface area contributed by atoms with Crippen molar-refractivity contribution in [3.05, 3.63) is 52.1 Å². The molecule has 0 spiro atoms. The molecule has 0 saturated carbocycles. The number of halogens is 2. The van der Waals surface area contributed by atoms with Crippen LogP contribution in [0.1, 0.15) is 17.3 Å². The Bertz CT molecular complexity index is 1040. The van der Waals surface area contributed by atoms with Gasteiger partial charge in [0.1, 0.15) is 17.1 Å². The number of benzene rings is 2. The quantitative estimate of drug-likeness (QED) is 0.532. The van der Waals surface area contributed by atoms with Crippen LogP contribution in [0, 0.1) is 0 Å². The maximum Gasteiger partial charge on any atom is 0.341 e. The number of esters is 1. The molecule has 2 aromatic carbocycles. The van der Waals surface area contributed by atoms with Crippen LogP contribution in [0.4, 0.5) is 11.4 Å². The Balaban J connectivity index is 2.21. The van der Waals surface area contributed by atoms with Gasteiger partial charge in [0.15, 0.2) is 0 Å². The van der Waals surface area contributed by atoms with E-state index in [-0.39, 0.29) is 12.2 Å². The Kier molecular flexibility index (Phi) is 6.11. The molecule has 0 radical (unpaired) electrons. The van der Waals surface area contributed by atoms with E-state index < -0.39 is 5.97 Å². The molecular weight excluding hydrogens is 403 g/mol. The van der Waals surface area contributed by atoms with Gasteiger partial charge in [0.25, 0.3) is 0 Å². The first-order chi connectivity index (χ1) is 13.5. The number of methoxy groups -OCH3 is 2. The summed E-state index contributed by atoms with van der Waals surface area (Å²) in [6.07, 6.45) is 1.42. The fourth-order valence-electron chi connectivity index (χ4n) is 2.74. The summed E-state index contributed by atoms with van der Waals surface area (Å²) in [5, 5.41) is 4.55. The molecule has 146 valence electrons. The topological polar surface area (TPSA) is 69.7 Å². The van der Waals surface area contributed by atoms with Crippen molar-refractivity contribution in [2.24, 2.45) is 0 Å². The molecular formula is C20H18Cl2N2O4. The first-order valence-corrected chi connectivity index (χ1v) is 9.18. The zero-order chi connectivity index (χ0) is 20.3. The molecule has 0 amide bonds. The van der Waals surface area contributed by atoms with E-state index in [0.717, 1.165) is 0 Å². The van der Waals surface area contributed by atoms with Crippen LogP contribution in [0.2, 0.25) is 10.0 Å². The summed E-state index contributed by atoms with van der Waals surface area (Å²) < 4.78 is 15.8. The van der Waals surface area contributed by atoms with Crippen LogP contribution in [0.3, 0.4) is 0 Å². The van der Waals surface area contributed by atoms with Crippen LogP contribution >= 0.6 is 23.2 Å². The molecule has 3 rings (SSSR count). The second-order valence-corrected chi connectivity index (χ2v) is 6.50. The molecule has 6 nitrogen and oxygen atoms in total. The Morgan fingerprint density at radius 3 is 2.61 bits per heavy atom. The van der Waals surface area contributed by atoms with Crippen LogP contribution in [0.5, 0.6) is 11.5 Å². The highest BCUT2D eigenvalue weighted by molar-refractivity contribution is 6.45. The van der Waals surface area contributed by atoms with Crippen LogP contribution in [-0.2, 0) is 4.74 Å². The van der Waals surface area contributed by atoms with E-state index in [0.29, 0.717) is 43.8 Å². The average molecular weight is 421 g/mol. The van der Waals surface area contributed by atoms with Gasteiger partial charge in [-0.1, -0.05) is 23.2 Å². The molecule has 1 heterocycles. The van der Waals surface area contributed by atoms with Crippen LogP contribution < -0.4 is 14.8 Å². The molecule has 0 atom stereocenters. The molecule has 0 fully saturated rings. The smallest absolute Gasteiger partial charge is 0.341 e. The van der Waals surface area contributed by atoms with Gasteiger partial charge in [-0.3, -0.25) is 4.98 Å². The van der Waals surface area contributed by atoms with Crippen LogP contribution in [0.15, 0.2) is 36.5 Å². The lowest BCUT2D eigenvalue weighted by molar-refractivity contribution is 0.0527. The minimum Gasteiger partial charge on any atom is -0.497 e. The Labute approximate surface area is 172 Å². The van der Waals surface area contributed by atoms with Crippen molar-refractivity contribution in [3.8, 4) is 11.5 Å². The summed E-state index contributed by atoms with van der Waals surface area (Å²) in [5.41, 5.74) is 1.86. The van der Waals surface area contributed by atoms with Crippen molar-refractivity contribution in [2.45, 2.75) is 6.92 Å². The maximum absolute atomic E-state index is 12.5. The van der Waals surface area contributed by atoms with Crippen molar-refractivity contribution in [3.63, 3.8) is 0 Å². The standard InChI is InChI=1S/C20H18Cl2N2O4/c1-4-28-20(25)13-10-23-19-12(6-7-14(21)17(19)22)18(13)24-15-8-5-11(26-2)9-16(15)27-3/h5-10H,4H2,1-3H3,(H,23,24). The Morgan fingerprint density at radius 2 is 1.93 bits per heavy atom. The number of anilines is 2. The number of ether oxygens (including phenoxy) is 3. The first kappa shape index (κ1) is 20.0. The third-order valence-corrected chi connectivity index (χ3v) is 4.89. The highest BCUT2D eigenvalue weighted by Crippen LogP contribution is 2.38. The van der Waals surface area contributed by atoms with Crippen molar-refractivity contribution < 1.29 is 19.0 Å². The highest BCUT2D eigenvalue weighted by atomic mass is 35.5. The lowest BCUT2D eigenvalue weighted by atomic mass is 10.1. The fourth-order valence-corrected chi connectivity index (χ4v) is 3.11. The lowest BCUT2D eigenvalue weighted by Crippen LogP contribution is -2.09. The number of pyridine rings is 1. The van der Waals surface area contributed by atoms with Gasteiger partial charge in [-0.25, -0.2) is 4.79 Å². The van der Waals surface area contributed by atoms with Gasteiger partial charge < -0.3 is 19.5 Å². The van der Waals surface area contributed by atoms with Gasteiger partial charge in [0, 0.05) is 17.6 Å². The van der Waals surface area contributed by atoms with Crippen molar-refractivity contribution in [2.75, 3.05) is 26.1 Å². The van der Waals surface area contributed by atoms with Crippen LogP contribution in [0.25, 0.3) is 10.9 Å². The third kappa shape index (κ3) is 3.79. The molecule has 1 N–H and O–H groups in total. The minimum atomic E-state index is -0.502. The van der Waals surface area contributed by atoms with Gasteiger partial charge >= 0.3 is 5.97 Å². The third-order valence-electron chi connectivity index (χ3n) is 4.09. The molecule has 8 heteroatoms. The van der Waals surface area contributed by atoms with Gasteiger partial charge in [0.05, 0.1) is 47.8 Å². The van der Waals surface area contributed by atoms with Gasteiger partial charge in [-0.15, -0.1) is 0 Å². The van der Waals surface area contributed by atoms with Crippen molar-refractivity contribution in [1.82, 2.24) is 4.98 Å². The molecule has 0 aliphatic carbocycles. The summed E-state index contributed by atoms with van der Waals surface area (Å²) >= 11 is 12.4. The number of rotatable bonds is 6. The van der Waals surface area contributed by atoms with Gasteiger partial charge in [-0.2, -0.15) is 0 Å². The predicted octanol–water partition coefficient (Wildman–Crippen LogP) is 5.48. The van der Waals surface area contributed by atoms with E-state index in [4.69, 9.17) is 37.4 Å². The van der Waals surface area contributed by atoms with E-state index in [1.807, 2.05) is 0 Å². The van der Waals surface area contributed by atoms with Crippen molar-refractivity contribution >= 4 is 51.4 Å². The van der Waals surface area contributed by atoms with E-state index in [1.54, 1.807) is 51.5 Å². The summed E-state index contributed by atoms with van der Waals surface area (Å²) in [6, 6.07) is 8.70. The Hall–Kier alpha value is -2.70. The first-order valence-electron chi connectivity index (χ1n) is 8.43. The molecule has 1 aromatic heterocycles. The number of carbonyl (C=O) groups excluding carboxylic acids is 1. The molecule has 0 bridgehead atoms. The fraction of sp³-hybridized carbons (Fsp3) is 0.200. The molecule has 0 unspecified atom stereocenters. The summed E-state index contributed by atoms with van der Waals surface area (Å²) in [6.45, 7) is 1.98. The molecule has 0 aliphatic heterocycles. The highest BCUT2D eigenvalue weighted by Gasteiger charge is 2.20. The molecule has 3 aromatic rings. The monoisotopic (exact) mass is 420 g/mol. The molecule has 0 saturated heterocycles. The normalized spacial score (nSPS) is 10.6. The Morgan fingerprint density at radius 1 is 1.14 bits per heavy atom. The van der Waals surface area contributed by atoms with Crippen molar-refractivity contribution in [1.29, 1.82) is 0 Å². The number of nitrogens with zero attached hydrogens (tertiary/aromatic N) is 1. The van der Waals surface area contributed by atoms with E-state index in [9.17, 15) is 4.79 Å². The SMILES string of the molecule is CCOC(=O)c1cnc2c(Cl)c(Cl)ccc2c1Nc1ccc(OC)cc1OC. The second kappa shape index (κ2) is 8.54. The van der Waals surface area contributed by atoms with E-state index >= 15 is 0 Å². The zero-order valence-electron chi connectivity index (χ0n) is 15.5. The van der Waals surface area contributed by atoms with Gasteiger partial charge in [0.2, 0.25) is 0 Å². The van der Waals surface area contributed by atoms with E-state index in [1.165, 1.54) is 6.20 Å². The average Bonchev–Trinajstić information content (AvgIpc) is 2.71. The number of aromatic nitrogens is 1. The maximum atomic E-state index is 12.5.